The molecule has 0 spiro atoms. The molecule has 0 radical (unpaired) electrons. The Labute approximate surface area is 242 Å². The number of anilines is 1. The zero-order valence-electron chi connectivity index (χ0n) is 22.3. The van der Waals surface area contributed by atoms with Crippen molar-refractivity contribution in [2.75, 3.05) is 5.32 Å². The summed E-state index contributed by atoms with van der Waals surface area (Å²) >= 11 is 6.33. The van der Waals surface area contributed by atoms with Gasteiger partial charge in [0.2, 0.25) is 0 Å². The van der Waals surface area contributed by atoms with Gasteiger partial charge < -0.3 is 10.6 Å². The fourth-order valence-electron chi connectivity index (χ4n) is 4.38. The number of hydrogen-bond donors (Lipinski definition) is 2. The fourth-order valence-corrected chi connectivity index (χ4v) is 4.59. The third-order valence-electron chi connectivity index (χ3n) is 6.70. The molecule has 3 heterocycles. The number of halogens is 4. The van der Waals surface area contributed by atoms with Gasteiger partial charge in [0.05, 0.1) is 39.8 Å². The Bertz CT molecular complexity index is 1720. The molecule has 0 bridgehead atoms. The minimum atomic E-state index is -4.68. The van der Waals surface area contributed by atoms with E-state index in [4.69, 9.17) is 11.6 Å². The minimum absolute atomic E-state index is 0.0738. The highest BCUT2D eigenvalue weighted by molar-refractivity contribution is 6.32. The van der Waals surface area contributed by atoms with Gasteiger partial charge in [-0.2, -0.15) is 33.4 Å². The molecule has 5 rings (SSSR count). The van der Waals surface area contributed by atoms with E-state index < -0.39 is 23.7 Å². The monoisotopic (exact) mass is 597 g/mol. The minimum Gasteiger partial charge on any atom is -0.349 e. The zero-order chi connectivity index (χ0) is 30.2. The number of carbonyl (C=O) groups is 2. The summed E-state index contributed by atoms with van der Waals surface area (Å²) in [6, 6.07) is 9.33. The number of carbonyl (C=O) groups excluding carboxylic acids is 2. The molecule has 1 aliphatic carbocycles. The predicted octanol–water partition coefficient (Wildman–Crippen LogP) is 4.54. The molecule has 15 heteroatoms. The maximum Gasteiger partial charge on any atom is 0.436 e. The van der Waals surface area contributed by atoms with Crippen molar-refractivity contribution in [2.24, 2.45) is 5.92 Å². The molecule has 1 saturated carbocycles. The molecular weight excluding hydrogens is 575 g/mol. The molecule has 4 aromatic rings. The van der Waals surface area contributed by atoms with E-state index in [0.29, 0.717) is 17.7 Å². The number of amides is 2. The molecule has 1 aliphatic rings. The second-order valence-electron chi connectivity index (χ2n) is 9.88. The molecule has 216 valence electrons. The topological polar surface area (TPSA) is 143 Å². The highest BCUT2D eigenvalue weighted by Crippen LogP contribution is 2.33. The summed E-state index contributed by atoms with van der Waals surface area (Å²) in [5.41, 5.74) is -0.110. The van der Waals surface area contributed by atoms with Crippen molar-refractivity contribution in [3.8, 4) is 11.9 Å². The molecule has 11 nitrogen and oxygen atoms in total. The molecule has 2 N–H and O–H groups in total. The Morgan fingerprint density at radius 3 is 2.62 bits per heavy atom. The second-order valence-corrected chi connectivity index (χ2v) is 10.3. The van der Waals surface area contributed by atoms with Crippen molar-refractivity contribution in [2.45, 2.75) is 45.5 Å². The van der Waals surface area contributed by atoms with Gasteiger partial charge >= 0.3 is 6.18 Å². The lowest BCUT2D eigenvalue weighted by Gasteiger charge is -2.18. The SMILES string of the molecule is Cc1cc(C#N)cc(C(=O)NC(C)C2CC2)c1NC(=O)c1cc(Cn2ncc(C(F)(F)F)n2)nn1-c1ncccc1Cl. The number of nitrogens with zero attached hydrogens (tertiary/aromatic N) is 7. The molecule has 42 heavy (non-hydrogen) atoms. The molecule has 0 aliphatic heterocycles. The van der Waals surface area contributed by atoms with Gasteiger partial charge in [-0.15, -0.1) is 5.10 Å². The number of nitrogens with one attached hydrogen (secondary N) is 2. The third kappa shape index (κ3) is 6.10. The van der Waals surface area contributed by atoms with Crippen LogP contribution in [0.2, 0.25) is 5.02 Å². The molecule has 1 fully saturated rings. The van der Waals surface area contributed by atoms with Crippen LogP contribution in [0.4, 0.5) is 18.9 Å². The van der Waals surface area contributed by atoms with E-state index in [1.807, 2.05) is 13.0 Å². The first-order valence-corrected chi connectivity index (χ1v) is 13.2. The third-order valence-corrected chi connectivity index (χ3v) is 6.99. The lowest BCUT2D eigenvalue weighted by atomic mass is 10.0. The van der Waals surface area contributed by atoms with Crippen molar-refractivity contribution in [1.29, 1.82) is 5.26 Å². The molecule has 1 unspecified atom stereocenters. The molecular formula is C27H23ClF3N9O2. The number of hydrogen-bond acceptors (Lipinski definition) is 7. The predicted molar refractivity (Wildman–Crippen MR) is 144 cm³/mol. The van der Waals surface area contributed by atoms with E-state index in [2.05, 4.69) is 30.9 Å². The highest BCUT2D eigenvalue weighted by Gasteiger charge is 2.34. The van der Waals surface area contributed by atoms with E-state index in [1.165, 1.54) is 30.5 Å². The largest absolute Gasteiger partial charge is 0.436 e. The smallest absolute Gasteiger partial charge is 0.349 e. The second kappa shape index (κ2) is 11.2. The van der Waals surface area contributed by atoms with Gasteiger partial charge in [0, 0.05) is 12.2 Å². The number of aryl methyl sites for hydroxylation is 1. The first-order valence-electron chi connectivity index (χ1n) is 12.8. The molecule has 0 saturated heterocycles. The van der Waals surface area contributed by atoms with Gasteiger partial charge in [-0.25, -0.2) is 9.67 Å². The lowest BCUT2D eigenvalue weighted by Crippen LogP contribution is -2.35. The summed E-state index contributed by atoms with van der Waals surface area (Å²) in [6.07, 6.45) is -0.635. The van der Waals surface area contributed by atoms with E-state index in [0.717, 1.165) is 22.3 Å². The molecule has 2 amide bonds. The number of benzene rings is 1. The van der Waals surface area contributed by atoms with Crippen LogP contribution in [0.15, 0.2) is 42.7 Å². The van der Waals surface area contributed by atoms with Crippen molar-refractivity contribution in [1.82, 2.24) is 35.1 Å². The van der Waals surface area contributed by atoms with Gasteiger partial charge in [0.1, 0.15) is 12.2 Å². The summed E-state index contributed by atoms with van der Waals surface area (Å²) in [4.78, 5) is 32.0. The summed E-state index contributed by atoms with van der Waals surface area (Å²) in [7, 11) is 0. The Morgan fingerprint density at radius 1 is 1.21 bits per heavy atom. The number of pyridine rings is 1. The highest BCUT2D eigenvalue weighted by atomic mass is 35.5. The standard InChI is InChI=1S/C27H23ClF3N9O2/c1-14-8-16(11-32)9-19(25(41)35-15(2)17-5-6-17)23(14)36-26(42)21-10-18(13-39-34-12-22(38-39)27(29,30)31)37-40(21)24-20(28)4-3-7-33-24/h3-4,7-10,12,15,17H,5-6,13H2,1-2H3,(H,35,41)(H,36,42). The van der Waals surface area contributed by atoms with E-state index in [9.17, 15) is 28.0 Å². The average Bonchev–Trinajstić information content (AvgIpc) is 3.54. The number of aromatic nitrogens is 6. The van der Waals surface area contributed by atoms with Crippen LogP contribution in [-0.2, 0) is 12.7 Å². The average molecular weight is 598 g/mol. The van der Waals surface area contributed by atoms with E-state index in [1.54, 1.807) is 13.0 Å². The Balaban J connectivity index is 1.51. The maximum atomic E-state index is 13.7. The van der Waals surface area contributed by atoms with Gasteiger partial charge in [-0.1, -0.05) is 11.6 Å². The molecule has 3 aromatic heterocycles. The van der Waals surface area contributed by atoms with Crippen LogP contribution in [0.5, 0.6) is 0 Å². The molecule has 1 aromatic carbocycles. The normalized spacial score (nSPS) is 13.8. The van der Waals surface area contributed by atoms with Crippen molar-refractivity contribution in [3.05, 3.63) is 81.5 Å². The van der Waals surface area contributed by atoms with Crippen molar-refractivity contribution in [3.63, 3.8) is 0 Å². The quantitative estimate of drug-likeness (QED) is 0.303. The van der Waals surface area contributed by atoms with E-state index in [-0.39, 0.29) is 51.6 Å². The van der Waals surface area contributed by atoms with Crippen LogP contribution in [0.25, 0.3) is 5.82 Å². The summed E-state index contributed by atoms with van der Waals surface area (Å²) in [6.45, 7) is 3.26. The van der Waals surface area contributed by atoms with Crippen molar-refractivity contribution >= 4 is 29.1 Å². The Hall–Kier alpha value is -4.77. The van der Waals surface area contributed by atoms with Crippen LogP contribution in [0.3, 0.4) is 0 Å². The van der Waals surface area contributed by atoms with Crippen LogP contribution in [0, 0.1) is 24.2 Å². The lowest BCUT2D eigenvalue weighted by molar-refractivity contribution is -0.141. The van der Waals surface area contributed by atoms with E-state index >= 15 is 0 Å². The van der Waals surface area contributed by atoms with Gasteiger partial charge in [-0.3, -0.25) is 9.59 Å². The first kappa shape index (κ1) is 28.7. The van der Waals surface area contributed by atoms with Gasteiger partial charge in [0.25, 0.3) is 11.8 Å². The van der Waals surface area contributed by atoms with Crippen LogP contribution in [0.1, 0.15) is 63.1 Å². The van der Waals surface area contributed by atoms with Crippen LogP contribution in [-0.4, -0.2) is 47.6 Å². The number of rotatable bonds is 8. The maximum absolute atomic E-state index is 13.7. The summed E-state index contributed by atoms with van der Waals surface area (Å²) in [5.74, 6) is -0.693. The molecule has 1 atom stereocenters. The number of alkyl halides is 3. The Morgan fingerprint density at radius 2 is 1.98 bits per heavy atom. The zero-order valence-corrected chi connectivity index (χ0v) is 23.0. The summed E-state index contributed by atoms with van der Waals surface area (Å²) < 4.78 is 40.2. The Kier molecular flexibility index (Phi) is 7.70. The van der Waals surface area contributed by atoms with Crippen molar-refractivity contribution < 1.29 is 22.8 Å². The first-order chi connectivity index (χ1) is 19.9. The van der Waals surface area contributed by atoms with Gasteiger partial charge in [0.15, 0.2) is 11.5 Å². The van der Waals surface area contributed by atoms with Crippen LogP contribution >= 0.6 is 11.6 Å². The van der Waals surface area contributed by atoms with Gasteiger partial charge in [-0.05, 0) is 68.5 Å². The fraction of sp³-hybridized carbons (Fsp3) is 0.296. The summed E-state index contributed by atoms with van der Waals surface area (Å²) in [5, 5.41) is 26.7. The van der Waals surface area contributed by atoms with Crippen LogP contribution < -0.4 is 10.6 Å². The number of nitriles is 1.